The van der Waals surface area contributed by atoms with Gasteiger partial charge in [-0.15, -0.1) is 10.2 Å². The van der Waals surface area contributed by atoms with Crippen LogP contribution in [0.2, 0.25) is 0 Å². The summed E-state index contributed by atoms with van der Waals surface area (Å²) in [5, 5.41) is 12.1. The predicted molar refractivity (Wildman–Crippen MR) is 128 cm³/mol. The van der Waals surface area contributed by atoms with Gasteiger partial charge in [0.1, 0.15) is 0 Å². The Morgan fingerprint density at radius 1 is 0.469 bits per heavy atom. The van der Waals surface area contributed by atoms with E-state index >= 15 is 0 Å². The lowest BCUT2D eigenvalue weighted by Gasteiger charge is -2.08. The SMILES string of the molecule is c1ccc2nc(N=Nc3nc4ccccc4cc3-c3ccc4ccccc4n3)ccc2c1. The minimum Gasteiger partial charge on any atom is -0.248 e. The van der Waals surface area contributed by atoms with Gasteiger partial charge >= 0.3 is 0 Å². The van der Waals surface area contributed by atoms with Gasteiger partial charge in [0.2, 0.25) is 0 Å². The maximum Gasteiger partial charge on any atom is 0.184 e. The summed E-state index contributed by atoms with van der Waals surface area (Å²) < 4.78 is 0. The Hall–Kier alpha value is -4.51. The van der Waals surface area contributed by atoms with E-state index in [0.717, 1.165) is 44.0 Å². The Morgan fingerprint density at radius 2 is 1.06 bits per heavy atom. The smallest absolute Gasteiger partial charge is 0.184 e. The minimum absolute atomic E-state index is 0.515. The van der Waals surface area contributed by atoms with Gasteiger partial charge in [-0.3, -0.25) is 0 Å². The Bertz CT molecular complexity index is 1640. The molecule has 3 heterocycles. The van der Waals surface area contributed by atoms with Gasteiger partial charge in [-0.1, -0.05) is 60.7 Å². The molecule has 0 aliphatic carbocycles. The first kappa shape index (κ1) is 18.3. The van der Waals surface area contributed by atoms with Gasteiger partial charge in [0.15, 0.2) is 11.6 Å². The minimum atomic E-state index is 0.515. The molecule has 3 aromatic heterocycles. The van der Waals surface area contributed by atoms with Crippen molar-refractivity contribution in [1.29, 1.82) is 0 Å². The molecule has 32 heavy (non-hydrogen) atoms. The fraction of sp³-hybridized carbons (Fsp3) is 0. The number of fused-ring (bicyclic) bond motifs is 3. The summed E-state index contributed by atoms with van der Waals surface area (Å²) in [4.78, 5) is 14.2. The summed E-state index contributed by atoms with van der Waals surface area (Å²) in [7, 11) is 0. The number of aromatic nitrogens is 3. The third-order valence-electron chi connectivity index (χ3n) is 5.41. The van der Waals surface area contributed by atoms with Crippen molar-refractivity contribution in [1.82, 2.24) is 15.0 Å². The van der Waals surface area contributed by atoms with Crippen LogP contribution in [0.3, 0.4) is 0 Å². The Kier molecular flexibility index (Phi) is 4.36. The molecule has 3 aromatic carbocycles. The second-order valence-electron chi connectivity index (χ2n) is 7.50. The molecule has 0 saturated carbocycles. The van der Waals surface area contributed by atoms with E-state index in [9.17, 15) is 0 Å². The number of hydrogen-bond acceptors (Lipinski definition) is 5. The molecule has 0 unspecified atom stereocenters. The number of rotatable bonds is 3. The number of azo groups is 1. The molecule has 5 nitrogen and oxygen atoms in total. The molecule has 0 radical (unpaired) electrons. The van der Waals surface area contributed by atoms with E-state index in [1.807, 2.05) is 84.9 Å². The molecule has 0 amide bonds. The third kappa shape index (κ3) is 3.36. The molecule has 6 aromatic rings. The standard InChI is InChI=1S/C27H17N5/c1-4-10-22-18(7-1)13-15-25(28-22)21-17-20-9-3-6-12-24(20)30-27(21)32-31-26-16-14-19-8-2-5-11-23(19)29-26/h1-17H. The van der Waals surface area contributed by atoms with E-state index in [-0.39, 0.29) is 0 Å². The van der Waals surface area contributed by atoms with Crippen LogP contribution in [0.1, 0.15) is 0 Å². The van der Waals surface area contributed by atoms with Crippen molar-refractivity contribution in [3.63, 3.8) is 0 Å². The first-order valence-electron chi connectivity index (χ1n) is 10.4. The number of benzene rings is 3. The molecule has 0 aliphatic rings. The van der Waals surface area contributed by atoms with Gasteiger partial charge in [0.05, 0.1) is 22.2 Å². The quantitative estimate of drug-likeness (QED) is 0.285. The van der Waals surface area contributed by atoms with E-state index in [0.29, 0.717) is 11.6 Å². The zero-order valence-electron chi connectivity index (χ0n) is 17.1. The van der Waals surface area contributed by atoms with Crippen LogP contribution in [0, 0.1) is 0 Å². The summed E-state index contributed by atoms with van der Waals surface area (Å²) in [6, 6.07) is 34.0. The first-order valence-corrected chi connectivity index (χ1v) is 10.4. The second-order valence-corrected chi connectivity index (χ2v) is 7.50. The number of para-hydroxylation sites is 3. The number of pyridine rings is 3. The number of hydrogen-bond donors (Lipinski definition) is 0. The monoisotopic (exact) mass is 411 g/mol. The lowest BCUT2D eigenvalue weighted by atomic mass is 10.1. The Labute approximate surface area is 184 Å². The molecule has 150 valence electrons. The van der Waals surface area contributed by atoms with Crippen LogP contribution in [-0.4, -0.2) is 15.0 Å². The summed E-state index contributed by atoms with van der Waals surface area (Å²) in [6.45, 7) is 0. The zero-order chi connectivity index (χ0) is 21.3. The van der Waals surface area contributed by atoms with Crippen LogP contribution in [0.4, 0.5) is 11.6 Å². The van der Waals surface area contributed by atoms with Gasteiger partial charge in [-0.25, -0.2) is 15.0 Å². The average molecular weight is 411 g/mol. The summed E-state index contributed by atoms with van der Waals surface area (Å²) in [5.41, 5.74) is 4.31. The van der Waals surface area contributed by atoms with Crippen molar-refractivity contribution in [2.24, 2.45) is 10.2 Å². The average Bonchev–Trinajstić information content (AvgIpc) is 2.86. The van der Waals surface area contributed by atoms with Crippen LogP contribution in [0.25, 0.3) is 44.0 Å². The van der Waals surface area contributed by atoms with Crippen LogP contribution < -0.4 is 0 Å². The van der Waals surface area contributed by atoms with Gasteiger partial charge in [-0.05, 0) is 42.5 Å². The third-order valence-corrected chi connectivity index (χ3v) is 5.41. The first-order chi connectivity index (χ1) is 15.8. The lowest BCUT2D eigenvalue weighted by molar-refractivity contribution is 1.14. The maximum absolute atomic E-state index is 4.85. The molecule has 0 fully saturated rings. The molecule has 0 N–H and O–H groups in total. The molecule has 0 spiro atoms. The van der Waals surface area contributed by atoms with E-state index in [4.69, 9.17) is 9.97 Å². The molecule has 5 heteroatoms. The molecule has 0 atom stereocenters. The van der Waals surface area contributed by atoms with Gasteiger partial charge in [0, 0.05) is 21.7 Å². The number of nitrogens with zero attached hydrogens (tertiary/aromatic N) is 5. The topological polar surface area (TPSA) is 63.4 Å². The zero-order valence-corrected chi connectivity index (χ0v) is 17.1. The fourth-order valence-electron chi connectivity index (χ4n) is 3.80. The maximum atomic E-state index is 4.85. The van der Waals surface area contributed by atoms with Crippen LogP contribution in [0.5, 0.6) is 0 Å². The normalized spacial score (nSPS) is 11.6. The summed E-state index contributed by atoms with van der Waals surface area (Å²) >= 11 is 0. The molecular formula is C27H17N5. The summed E-state index contributed by atoms with van der Waals surface area (Å²) in [6.07, 6.45) is 0. The fourth-order valence-corrected chi connectivity index (χ4v) is 3.80. The highest BCUT2D eigenvalue weighted by Crippen LogP contribution is 2.33. The largest absolute Gasteiger partial charge is 0.248 e. The van der Waals surface area contributed by atoms with E-state index in [2.05, 4.69) is 33.4 Å². The van der Waals surface area contributed by atoms with Crippen molar-refractivity contribution < 1.29 is 0 Å². The van der Waals surface area contributed by atoms with Crippen LogP contribution in [0.15, 0.2) is 113 Å². The van der Waals surface area contributed by atoms with Crippen LogP contribution >= 0.6 is 0 Å². The van der Waals surface area contributed by atoms with Gasteiger partial charge < -0.3 is 0 Å². The molecule has 0 aliphatic heterocycles. The van der Waals surface area contributed by atoms with Gasteiger partial charge in [-0.2, -0.15) is 0 Å². The van der Waals surface area contributed by atoms with Crippen LogP contribution in [-0.2, 0) is 0 Å². The second kappa shape index (κ2) is 7.63. The Balaban J connectivity index is 1.50. The Morgan fingerprint density at radius 3 is 1.81 bits per heavy atom. The van der Waals surface area contributed by atoms with E-state index < -0.39 is 0 Å². The highest BCUT2D eigenvalue weighted by molar-refractivity contribution is 5.89. The van der Waals surface area contributed by atoms with Gasteiger partial charge in [0.25, 0.3) is 0 Å². The highest BCUT2D eigenvalue weighted by Gasteiger charge is 2.11. The summed E-state index contributed by atoms with van der Waals surface area (Å²) in [5.74, 6) is 1.05. The molecular weight excluding hydrogens is 394 g/mol. The lowest BCUT2D eigenvalue weighted by Crippen LogP contribution is -1.89. The molecule has 0 saturated heterocycles. The van der Waals surface area contributed by atoms with Crippen molar-refractivity contribution >= 4 is 44.3 Å². The van der Waals surface area contributed by atoms with Crippen molar-refractivity contribution in [3.8, 4) is 11.3 Å². The van der Waals surface area contributed by atoms with Crippen molar-refractivity contribution in [2.45, 2.75) is 0 Å². The van der Waals surface area contributed by atoms with E-state index in [1.165, 1.54) is 0 Å². The predicted octanol–water partition coefficient (Wildman–Crippen LogP) is 7.41. The van der Waals surface area contributed by atoms with Crippen molar-refractivity contribution in [2.75, 3.05) is 0 Å². The van der Waals surface area contributed by atoms with Crippen molar-refractivity contribution in [3.05, 3.63) is 103 Å². The van der Waals surface area contributed by atoms with E-state index in [1.54, 1.807) is 0 Å². The molecule has 0 bridgehead atoms. The highest BCUT2D eigenvalue weighted by atomic mass is 15.2. The molecule has 6 rings (SSSR count).